The summed E-state index contributed by atoms with van der Waals surface area (Å²) in [6.45, 7) is 0. The van der Waals surface area contributed by atoms with Crippen LogP contribution in [0.4, 0.5) is 23.2 Å². The first kappa shape index (κ1) is 17.2. The van der Waals surface area contributed by atoms with Crippen molar-refractivity contribution in [3.63, 3.8) is 0 Å². The molecule has 1 aromatic heterocycles. The second-order valence-electron chi connectivity index (χ2n) is 4.39. The van der Waals surface area contributed by atoms with Crippen molar-refractivity contribution in [2.75, 3.05) is 7.11 Å². The van der Waals surface area contributed by atoms with Gasteiger partial charge in [-0.25, -0.2) is 4.39 Å². The molecule has 0 amide bonds. The number of methoxy groups -OCH3 is 1. The number of ether oxygens (including phenoxy) is 1. The molecule has 2 rings (SSSR count). The predicted molar refractivity (Wildman–Crippen MR) is 74.5 cm³/mol. The van der Waals surface area contributed by atoms with Gasteiger partial charge >= 0.3 is 11.9 Å². The van der Waals surface area contributed by atoms with Crippen molar-refractivity contribution in [1.82, 2.24) is 9.78 Å². The second kappa shape index (κ2) is 5.80. The molecular formula is C12H8BrF4N3O3. The molecule has 0 saturated heterocycles. The smallest absolute Gasteiger partial charge is 0.434 e. The minimum Gasteiger partial charge on any atom is -0.490 e. The van der Waals surface area contributed by atoms with Gasteiger partial charge in [0.1, 0.15) is 11.5 Å². The Morgan fingerprint density at radius 1 is 1.39 bits per heavy atom. The number of hydrogen-bond acceptors (Lipinski definition) is 4. The highest BCUT2D eigenvalue weighted by atomic mass is 79.9. The molecule has 23 heavy (non-hydrogen) atoms. The normalized spacial score (nSPS) is 11.6. The topological polar surface area (TPSA) is 70.2 Å². The lowest BCUT2D eigenvalue weighted by Crippen LogP contribution is -2.12. The fourth-order valence-electron chi connectivity index (χ4n) is 2.01. The van der Waals surface area contributed by atoms with Crippen LogP contribution in [0.1, 0.15) is 5.69 Å². The number of aromatic nitrogens is 2. The number of halogens is 5. The van der Waals surface area contributed by atoms with E-state index in [4.69, 9.17) is 4.74 Å². The summed E-state index contributed by atoms with van der Waals surface area (Å²) in [6, 6.07) is 1.50. The van der Waals surface area contributed by atoms with Gasteiger partial charge < -0.3 is 4.74 Å². The Morgan fingerprint density at radius 2 is 2.00 bits per heavy atom. The minimum atomic E-state index is -4.71. The molecule has 1 aromatic carbocycles. The van der Waals surface area contributed by atoms with Gasteiger partial charge in [0.25, 0.3) is 0 Å². The highest BCUT2D eigenvalue weighted by molar-refractivity contribution is 9.10. The van der Waals surface area contributed by atoms with Crippen LogP contribution in [0, 0.1) is 15.9 Å². The zero-order valence-corrected chi connectivity index (χ0v) is 13.2. The van der Waals surface area contributed by atoms with E-state index in [0.717, 1.165) is 20.2 Å². The predicted octanol–water partition coefficient (Wildman–Crippen LogP) is 3.92. The first-order chi connectivity index (χ1) is 10.6. The molecule has 0 spiro atoms. The van der Waals surface area contributed by atoms with Gasteiger partial charge in [-0.1, -0.05) is 0 Å². The highest BCUT2D eigenvalue weighted by Gasteiger charge is 2.39. The van der Waals surface area contributed by atoms with E-state index in [2.05, 4.69) is 21.0 Å². The monoisotopic (exact) mass is 397 g/mol. The van der Waals surface area contributed by atoms with E-state index in [1.807, 2.05) is 0 Å². The molecular weight excluding hydrogens is 390 g/mol. The number of nitro benzene ring substituents is 1. The Labute approximate surface area is 134 Å². The van der Waals surface area contributed by atoms with Crippen molar-refractivity contribution in [2.24, 2.45) is 7.05 Å². The van der Waals surface area contributed by atoms with Crippen LogP contribution >= 0.6 is 15.9 Å². The number of benzene rings is 1. The van der Waals surface area contributed by atoms with E-state index < -0.39 is 32.8 Å². The molecule has 0 fully saturated rings. The Kier molecular flexibility index (Phi) is 4.33. The first-order valence-corrected chi connectivity index (χ1v) is 6.69. The van der Waals surface area contributed by atoms with Crippen LogP contribution in [-0.2, 0) is 13.2 Å². The fraction of sp³-hybridized carbons (Fsp3) is 0.250. The number of aryl methyl sites for hydroxylation is 1. The van der Waals surface area contributed by atoms with Gasteiger partial charge in [0.05, 0.1) is 22.6 Å². The first-order valence-electron chi connectivity index (χ1n) is 5.90. The van der Waals surface area contributed by atoms with Crippen molar-refractivity contribution in [3.05, 3.63) is 38.2 Å². The molecule has 2 aromatic rings. The summed E-state index contributed by atoms with van der Waals surface area (Å²) in [6.07, 6.45) is -4.71. The van der Waals surface area contributed by atoms with Crippen LogP contribution < -0.4 is 4.74 Å². The Morgan fingerprint density at radius 3 is 2.43 bits per heavy atom. The van der Waals surface area contributed by atoms with Gasteiger partial charge in [0, 0.05) is 12.6 Å². The molecule has 0 aliphatic rings. The number of nitrogens with zero attached hydrogens (tertiary/aromatic N) is 3. The van der Waals surface area contributed by atoms with Crippen molar-refractivity contribution in [3.8, 4) is 17.0 Å². The summed E-state index contributed by atoms with van der Waals surface area (Å²) in [5.74, 6) is -1.39. The van der Waals surface area contributed by atoms with Crippen LogP contribution in [0.2, 0.25) is 0 Å². The fourth-order valence-corrected chi connectivity index (χ4v) is 2.78. The third-order valence-corrected chi connectivity index (χ3v) is 3.73. The molecule has 11 heteroatoms. The van der Waals surface area contributed by atoms with E-state index in [1.54, 1.807) is 0 Å². The molecule has 6 nitrogen and oxygen atoms in total. The SMILES string of the molecule is COc1cc(-c2nn(C)c(C(F)(F)F)c2Br)c(F)cc1[N+](=O)[O-]. The molecule has 0 aliphatic heterocycles. The largest absolute Gasteiger partial charge is 0.490 e. The van der Waals surface area contributed by atoms with E-state index >= 15 is 0 Å². The Balaban J connectivity index is 2.71. The number of rotatable bonds is 3. The van der Waals surface area contributed by atoms with Crippen molar-refractivity contribution in [1.29, 1.82) is 0 Å². The molecule has 0 unspecified atom stereocenters. The van der Waals surface area contributed by atoms with E-state index in [1.165, 1.54) is 0 Å². The molecule has 124 valence electrons. The van der Waals surface area contributed by atoms with Crippen LogP contribution in [0.5, 0.6) is 5.75 Å². The van der Waals surface area contributed by atoms with Crippen LogP contribution in [0.25, 0.3) is 11.3 Å². The van der Waals surface area contributed by atoms with Gasteiger partial charge in [0.15, 0.2) is 11.4 Å². The zero-order valence-electron chi connectivity index (χ0n) is 11.6. The van der Waals surface area contributed by atoms with E-state index in [-0.39, 0.29) is 17.0 Å². The van der Waals surface area contributed by atoms with Gasteiger partial charge in [-0.2, -0.15) is 18.3 Å². The Bertz CT molecular complexity index is 789. The van der Waals surface area contributed by atoms with Crippen LogP contribution in [0.15, 0.2) is 16.6 Å². The summed E-state index contributed by atoms with van der Waals surface area (Å²) in [5.41, 5.74) is -2.45. The average Bonchev–Trinajstić information content (AvgIpc) is 2.73. The zero-order chi connectivity index (χ0) is 17.5. The van der Waals surface area contributed by atoms with Gasteiger partial charge in [-0.3, -0.25) is 14.8 Å². The summed E-state index contributed by atoms with van der Waals surface area (Å²) in [7, 11) is 2.18. The molecule has 0 bridgehead atoms. The third kappa shape index (κ3) is 3.00. The molecule has 0 radical (unpaired) electrons. The van der Waals surface area contributed by atoms with Crippen LogP contribution in [-0.4, -0.2) is 21.8 Å². The maximum absolute atomic E-state index is 14.1. The molecule has 0 saturated carbocycles. The van der Waals surface area contributed by atoms with Gasteiger partial charge in [-0.15, -0.1) is 0 Å². The molecule has 0 N–H and O–H groups in total. The number of nitro groups is 1. The summed E-state index contributed by atoms with van der Waals surface area (Å²) < 4.78 is 57.9. The van der Waals surface area contributed by atoms with E-state index in [0.29, 0.717) is 10.7 Å². The molecule has 0 aliphatic carbocycles. The van der Waals surface area contributed by atoms with Crippen LogP contribution in [0.3, 0.4) is 0 Å². The standard InChI is InChI=1S/C12H8BrF4N3O3/c1-19-11(12(15,16)17)9(13)10(18-19)5-3-8(23-2)7(20(21)22)4-6(5)14/h3-4H,1-2H3. The van der Waals surface area contributed by atoms with Crippen molar-refractivity contribution >= 4 is 21.6 Å². The molecule has 1 heterocycles. The highest BCUT2D eigenvalue weighted by Crippen LogP contribution is 2.42. The number of alkyl halides is 3. The third-order valence-electron chi connectivity index (χ3n) is 2.98. The lowest BCUT2D eigenvalue weighted by molar-refractivity contribution is -0.385. The second-order valence-corrected chi connectivity index (χ2v) is 5.19. The summed E-state index contributed by atoms with van der Waals surface area (Å²) >= 11 is 2.76. The van der Waals surface area contributed by atoms with Gasteiger partial charge in [0.2, 0.25) is 0 Å². The van der Waals surface area contributed by atoms with E-state index in [9.17, 15) is 27.7 Å². The quantitative estimate of drug-likeness (QED) is 0.447. The van der Waals surface area contributed by atoms with Crippen molar-refractivity contribution < 1.29 is 27.2 Å². The summed E-state index contributed by atoms with van der Waals surface area (Å²) in [5, 5.41) is 14.5. The number of hydrogen-bond donors (Lipinski definition) is 0. The average molecular weight is 398 g/mol. The lowest BCUT2D eigenvalue weighted by Gasteiger charge is -2.07. The minimum absolute atomic E-state index is 0.294. The Hall–Kier alpha value is -2.17. The maximum atomic E-state index is 14.1. The van der Waals surface area contributed by atoms with Gasteiger partial charge in [-0.05, 0) is 22.0 Å². The molecule has 0 atom stereocenters. The summed E-state index contributed by atoms with van der Waals surface area (Å²) in [4.78, 5) is 9.96. The van der Waals surface area contributed by atoms with Crippen molar-refractivity contribution in [2.45, 2.75) is 6.18 Å². The maximum Gasteiger partial charge on any atom is 0.434 e. The lowest BCUT2D eigenvalue weighted by atomic mass is 10.1.